The lowest BCUT2D eigenvalue weighted by Gasteiger charge is -2.38. The summed E-state index contributed by atoms with van der Waals surface area (Å²) in [7, 11) is -4.10. The lowest BCUT2D eigenvalue weighted by atomic mass is 9.79. The Kier molecular flexibility index (Phi) is 10.9. The first-order valence-electron chi connectivity index (χ1n) is 17.0. The van der Waals surface area contributed by atoms with Crippen molar-refractivity contribution in [2.45, 2.75) is 145 Å². The molecule has 3 aliphatic rings. The minimum absolute atomic E-state index is 0.271. The van der Waals surface area contributed by atoms with Crippen molar-refractivity contribution in [1.29, 1.82) is 0 Å². The summed E-state index contributed by atoms with van der Waals surface area (Å²) in [6.45, 7) is 12.2. The highest BCUT2D eigenvalue weighted by Gasteiger charge is 2.58. The van der Waals surface area contributed by atoms with Crippen LogP contribution in [0, 0.1) is 0 Å². The predicted octanol–water partition coefficient (Wildman–Crippen LogP) is 7.15. The third kappa shape index (κ3) is 8.41. The Morgan fingerprint density at radius 3 is 2.18 bits per heavy atom. The van der Waals surface area contributed by atoms with E-state index >= 15 is 0 Å². The minimum atomic E-state index is -3.57. The van der Waals surface area contributed by atoms with E-state index in [9.17, 15) is 8.42 Å². The zero-order valence-electron chi connectivity index (χ0n) is 28.0. The maximum absolute atomic E-state index is 14.1. The quantitative estimate of drug-likeness (QED) is 0.142. The van der Waals surface area contributed by atoms with Crippen molar-refractivity contribution in [3.8, 4) is 0 Å². The first-order valence-corrected chi connectivity index (χ1v) is 18.4. The topological polar surface area (TPSA) is 80.3 Å². The number of sulfone groups is 1. The molecule has 0 spiro atoms. The molecule has 2 aliphatic heterocycles. The molecule has 2 aromatic carbocycles. The van der Waals surface area contributed by atoms with Gasteiger partial charge in [0.15, 0.2) is 16.1 Å². The van der Waals surface area contributed by atoms with Gasteiger partial charge in [-0.1, -0.05) is 61.7 Å². The van der Waals surface area contributed by atoms with Gasteiger partial charge in [-0.2, -0.15) is 0 Å². The van der Waals surface area contributed by atoms with Gasteiger partial charge in [0.2, 0.25) is 0 Å². The Labute approximate surface area is 271 Å². The summed E-state index contributed by atoms with van der Waals surface area (Å²) in [5.74, 6) is 0. The fourth-order valence-electron chi connectivity index (χ4n) is 6.53. The van der Waals surface area contributed by atoms with Crippen molar-refractivity contribution in [2.24, 2.45) is 0 Å². The second-order valence-corrected chi connectivity index (χ2v) is 16.9. The molecule has 0 radical (unpaired) electrons. The van der Waals surface area contributed by atoms with Crippen LogP contribution in [-0.4, -0.2) is 56.6 Å². The largest absolute Gasteiger partial charge is 0.494 e. The molecular formula is C36H53BO7S. The maximum Gasteiger partial charge on any atom is 0.494 e. The molecule has 0 aromatic heterocycles. The average molecular weight is 641 g/mol. The van der Waals surface area contributed by atoms with E-state index in [-0.39, 0.29) is 6.29 Å². The van der Waals surface area contributed by atoms with E-state index in [0.717, 1.165) is 63.4 Å². The molecule has 0 bridgehead atoms. The average Bonchev–Trinajstić information content (AvgIpc) is 3.75. The van der Waals surface area contributed by atoms with E-state index in [1.54, 1.807) is 12.1 Å². The molecule has 2 aromatic rings. The minimum Gasteiger partial charge on any atom is -0.399 e. The Balaban J connectivity index is 1.18. The van der Waals surface area contributed by atoms with Crippen molar-refractivity contribution in [3.05, 3.63) is 60.2 Å². The van der Waals surface area contributed by atoms with Gasteiger partial charge in [-0.15, -0.1) is 0 Å². The standard InChI is InChI=1S/C36H53BO7S/c1-33(2)34(3,4)44-37(43-33)30-18-20-31(21-19-30)45(38,39)36(23-24-36)28-35(5,42-32-17-11-14-26-41-32)22-12-6-7-13-25-40-27-29-15-9-8-10-16-29/h8-10,15-16,18-21,32H,6-7,11-14,17,22-28H2,1-5H3. The lowest BCUT2D eigenvalue weighted by Crippen LogP contribution is -2.42. The first kappa shape index (κ1) is 34.6. The van der Waals surface area contributed by atoms with Crippen molar-refractivity contribution in [3.63, 3.8) is 0 Å². The van der Waals surface area contributed by atoms with Crippen LogP contribution in [0.1, 0.15) is 111 Å². The van der Waals surface area contributed by atoms with Crippen LogP contribution in [-0.2, 0) is 40.0 Å². The molecule has 3 fully saturated rings. The molecule has 9 heteroatoms. The molecule has 1 aliphatic carbocycles. The second kappa shape index (κ2) is 14.2. The van der Waals surface area contributed by atoms with Crippen molar-refractivity contribution < 1.29 is 31.9 Å². The summed E-state index contributed by atoms with van der Waals surface area (Å²) in [4.78, 5) is 0.354. The van der Waals surface area contributed by atoms with E-state index in [4.69, 9.17) is 23.5 Å². The van der Waals surface area contributed by atoms with Crippen molar-refractivity contribution >= 4 is 22.4 Å². The molecule has 248 valence electrons. The van der Waals surface area contributed by atoms with Crippen molar-refractivity contribution in [2.75, 3.05) is 13.2 Å². The molecule has 7 nitrogen and oxygen atoms in total. The number of ether oxygens (including phenoxy) is 3. The van der Waals surface area contributed by atoms with Crippen LogP contribution in [0.3, 0.4) is 0 Å². The zero-order valence-corrected chi connectivity index (χ0v) is 28.8. The smallest absolute Gasteiger partial charge is 0.399 e. The molecule has 0 N–H and O–H groups in total. The Morgan fingerprint density at radius 1 is 0.889 bits per heavy atom. The maximum atomic E-state index is 14.1. The lowest BCUT2D eigenvalue weighted by molar-refractivity contribution is -0.224. The Bertz CT molecular complexity index is 1320. The van der Waals surface area contributed by atoms with E-state index in [2.05, 4.69) is 19.1 Å². The van der Waals surface area contributed by atoms with Gasteiger partial charge >= 0.3 is 7.12 Å². The summed E-state index contributed by atoms with van der Waals surface area (Å²) in [6, 6.07) is 17.4. The van der Waals surface area contributed by atoms with Gasteiger partial charge in [-0.05, 0) is 109 Å². The fourth-order valence-corrected chi connectivity index (χ4v) is 8.66. The van der Waals surface area contributed by atoms with Gasteiger partial charge in [-0.3, -0.25) is 0 Å². The summed E-state index contributed by atoms with van der Waals surface area (Å²) in [5.41, 5.74) is 0.523. The van der Waals surface area contributed by atoms with E-state index in [1.165, 1.54) is 5.56 Å². The van der Waals surface area contributed by atoms with E-state index in [1.807, 2.05) is 58.0 Å². The fraction of sp³-hybridized carbons (Fsp3) is 0.667. The molecule has 2 saturated heterocycles. The van der Waals surface area contributed by atoms with Crippen LogP contribution in [0.4, 0.5) is 0 Å². The molecular weight excluding hydrogens is 587 g/mol. The number of rotatable bonds is 16. The van der Waals surface area contributed by atoms with Gasteiger partial charge in [0.25, 0.3) is 0 Å². The van der Waals surface area contributed by atoms with Gasteiger partial charge in [0.05, 0.1) is 33.1 Å². The SMILES string of the molecule is CC(CCCCCCOCc1ccccc1)(CC1(S(=O)(=O)c2ccc(B3OC(C)(C)C(C)(C)O3)cc2)CC1)OC1CCCCO1. The molecule has 2 unspecified atom stereocenters. The van der Waals surface area contributed by atoms with Crippen LogP contribution in [0.2, 0.25) is 0 Å². The van der Waals surface area contributed by atoms with Gasteiger partial charge in [-0.25, -0.2) is 8.42 Å². The van der Waals surface area contributed by atoms with E-state index in [0.29, 0.717) is 37.4 Å². The molecule has 2 atom stereocenters. The normalized spacial score (nSPS) is 23.5. The second-order valence-electron chi connectivity index (χ2n) is 14.6. The monoisotopic (exact) mass is 640 g/mol. The number of unbranched alkanes of at least 4 members (excludes halogenated alkanes) is 3. The number of hydrogen-bond donors (Lipinski definition) is 0. The third-order valence-electron chi connectivity index (χ3n) is 10.2. The highest BCUT2D eigenvalue weighted by atomic mass is 32.2. The van der Waals surface area contributed by atoms with Gasteiger partial charge in [0, 0.05) is 13.2 Å². The molecule has 5 rings (SSSR count). The summed E-state index contributed by atoms with van der Waals surface area (Å²) in [5, 5.41) is 0. The number of hydrogen-bond acceptors (Lipinski definition) is 7. The first-order chi connectivity index (χ1) is 21.3. The molecule has 45 heavy (non-hydrogen) atoms. The van der Waals surface area contributed by atoms with Gasteiger partial charge in [0.1, 0.15) is 0 Å². The molecule has 2 heterocycles. The van der Waals surface area contributed by atoms with Crippen LogP contribution in [0.25, 0.3) is 0 Å². The summed E-state index contributed by atoms with van der Waals surface area (Å²) in [6.07, 6.45) is 9.39. The third-order valence-corrected chi connectivity index (χ3v) is 12.8. The van der Waals surface area contributed by atoms with Crippen molar-refractivity contribution in [1.82, 2.24) is 0 Å². The van der Waals surface area contributed by atoms with Crippen LogP contribution in [0.15, 0.2) is 59.5 Å². The number of benzene rings is 2. The van der Waals surface area contributed by atoms with Crippen LogP contribution < -0.4 is 5.46 Å². The zero-order chi connectivity index (χ0) is 32.2. The highest BCUT2D eigenvalue weighted by molar-refractivity contribution is 7.93. The van der Waals surface area contributed by atoms with Gasteiger partial charge < -0.3 is 23.5 Å². The van der Waals surface area contributed by atoms with E-state index < -0.39 is 38.5 Å². The summed E-state index contributed by atoms with van der Waals surface area (Å²) < 4.78 is 58.3. The molecule has 0 amide bonds. The van der Waals surface area contributed by atoms with Crippen LogP contribution >= 0.6 is 0 Å². The summed E-state index contributed by atoms with van der Waals surface area (Å²) >= 11 is 0. The predicted molar refractivity (Wildman–Crippen MR) is 178 cm³/mol. The van der Waals surface area contributed by atoms with Crippen LogP contribution in [0.5, 0.6) is 0 Å². The Hall–Kier alpha value is -1.75. The molecule has 1 saturated carbocycles. The highest BCUT2D eigenvalue weighted by Crippen LogP contribution is 2.53. The Morgan fingerprint density at radius 2 is 1.56 bits per heavy atom.